The summed E-state index contributed by atoms with van der Waals surface area (Å²) in [5.74, 6) is 7.26. The van der Waals surface area contributed by atoms with Crippen LogP contribution in [0.4, 0.5) is 0 Å². The highest BCUT2D eigenvalue weighted by atomic mass is 16.5. The van der Waals surface area contributed by atoms with Crippen molar-refractivity contribution in [3.8, 4) is 0 Å². The number of methoxy groups -OCH3 is 1. The summed E-state index contributed by atoms with van der Waals surface area (Å²) in [6.07, 6.45) is 7.28. The molecule has 0 bridgehead atoms. The van der Waals surface area contributed by atoms with Crippen molar-refractivity contribution in [2.45, 2.75) is 58.4 Å². The molecule has 1 rings (SSSR count). The maximum atomic E-state index is 5.71. The molecule has 0 amide bonds. The molecular weight excluding hydrogens is 252 g/mol. The lowest BCUT2D eigenvalue weighted by molar-refractivity contribution is 0.196. The van der Waals surface area contributed by atoms with Crippen molar-refractivity contribution >= 4 is 5.96 Å². The Kier molecular flexibility index (Phi) is 8.62. The maximum absolute atomic E-state index is 5.71. The summed E-state index contributed by atoms with van der Waals surface area (Å²) in [5.41, 5.74) is 2.81. The molecule has 1 fully saturated rings. The van der Waals surface area contributed by atoms with Crippen molar-refractivity contribution in [2.24, 2.45) is 16.8 Å². The minimum absolute atomic E-state index is 0.603. The lowest BCUT2D eigenvalue weighted by Gasteiger charge is -2.32. The number of nitrogens with zero attached hydrogens (tertiary/aromatic N) is 2. The summed E-state index contributed by atoms with van der Waals surface area (Å²) < 4.78 is 5.06. The standard InChI is InChI=1S/C15H32N4O/c1-13(2)9-11-19(14-7-4-5-8-14)15(18-16)17-10-6-12-20-3/h13-14H,4-12,16H2,1-3H3,(H,17,18). The van der Waals surface area contributed by atoms with E-state index in [0.29, 0.717) is 12.0 Å². The topological polar surface area (TPSA) is 62.9 Å². The lowest BCUT2D eigenvalue weighted by Crippen LogP contribution is -2.49. The lowest BCUT2D eigenvalue weighted by atomic mass is 10.1. The summed E-state index contributed by atoms with van der Waals surface area (Å²) in [7, 11) is 1.72. The minimum atomic E-state index is 0.603. The summed E-state index contributed by atoms with van der Waals surface area (Å²) in [4.78, 5) is 7.02. The van der Waals surface area contributed by atoms with Gasteiger partial charge in [0, 0.05) is 32.8 Å². The average molecular weight is 284 g/mol. The zero-order valence-electron chi connectivity index (χ0n) is 13.4. The van der Waals surface area contributed by atoms with Crippen molar-refractivity contribution in [3.63, 3.8) is 0 Å². The van der Waals surface area contributed by atoms with Crippen LogP contribution >= 0.6 is 0 Å². The fraction of sp³-hybridized carbons (Fsp3) is 0.933. The number of nitrogens with one attached hydrogen (secondary N) is 1. The van der Waals surface area contributed by atoms with Crippen LogP contribution in [0.3, 0.4) is 0 Å². The zero-order chi connectivity index (χ0) is 14.8. The fourth-order valence-corrected chi connectivity index (χ4v) is 2.69. The van der Waals surface area contributed by atoms with Gasteiger partial charge in [0.15, 0.2) is 0 Å². The molecule has 0 aromatic rings. The van der Waals surface area contributed by atoms with Gasteiger partial charge >= 0.3 is 0 Å². The number of guanidine groups is 1. The molecule has 0 saturated heterocycles. The van der Waals surface area contributed by atoms with Gasteiger partial charge in [-0.1, -0.05) is 26.7 Å². The van der Waals surface area contributed by atoms with Gasteiger partial charge in [0.05, 0.1) is 0 Å². The normalized spacial score (nSPS) is 16.9. The first kappa shape index (κ1) is 17.2. The van der Waals surface area contributed by atoms with Gasteiger partial charge in [0.1, 0.15) is 0 Å². The van der Waals surface area contributed by atoms with E-state index in [4.69, 9.17) is 10.6 Å². The molecule has 0 aliphatic heterocycles. The molecule has 5 heteroatoms. The third-order valence-corrected chi connectivity index (χ3v) is 3.88. The van der Waals surface area contributed by atoms with Gasteiger partial charge in [-0.2, -0.15) is 0 Å². The van der Waals surface area contributed by atoms with Crippen LogP contribution in [0, 0.1) is 5.92 Å². The van der Waals surface area contributed by atoms with Gasteiger partial charge in [-0.15, -0.1) is 0 Å². The number of nitrogens with two attached hydrogens (primary N) is 1. The van der Waals surface area contributed by atoms with E-state index in [-0.39, 0.29) is 0 Å². The van der Waals surface area contributed by atoms with Crippen LogP contribution in [-0.2, 0) is 4.74 Å². The number of hydrogen-bond acceptors (Lipinski definition) is 3. The van der Waals surface area contributed by atoms with Gasteiger partial charge in [0.2, 0.25) is 5.96 Å². The van der Waals surface area contributed by atoms with Gasteiger partial charge in [-0.05, 0) is 31.6 Å². The highest BCUT2D eigenvalue weighted by molar-refractivity contribution is 5.79. The first-order valence-corrected chi connectivity index (χ1v) is 7.95. The first-order chi connectivity index (χ1) is 9.69. The largest absolute Gasteiger partial charge is 0.385 e. The van der Waals surface area contributed by atoms with E-state index in [1.54, 1.807) is 7.11 Å². The first-order valence-electron chi connectivity index (χ1n) is 7.95. The third-order valence-electron chi connectivity index (χ3n) is 3.88. The Morgan fingerprint density at radius 2 is 2.10 bits per heavy atom. The Bertz CT molecular complexity index is 275. The Hall–Kier alpha value is -0.810. The second-order valence-electron chi connectivity index (χ2n) is 6.01. The zero-order valence-corrected chi connectivity index (χ0v) is 13.4. The SMILES string of the molecule is COCCCN=C(NN)N(CCC(C)C)C1CCCC1. The van der Waals surface area contributed by atoms with Crippen molar-refractivity contribution in [2.75, 3.05) is 26.8 Å². The molecule has 1 saturated carbocycles. The van der Waals surface area contributed by atoms with Gasteiger partial charge < -0.3 is 9.64 Å². The van der Waals surface area contributed by atoms with Gasteiger partial charge in [-0.25, -0.2) is 5.84 Å². The van der Waals surface area contributed by atoms with Crippen LogP contribution in [0.15, 0.2) is 4.99 Å². The van der Waals surface area contributed by atoms with Crippen LogP contribution in [0.25, 0.3) is 0 Å². The predicted molar refractivity (Wildman–Crippen MR) is 84.5 cm³/mol. The van der Waals surface area contributed by atoms with Gasteiger partial charge in [0.25, 0.3) is 0 Å². The Morgan fingerprint density at radius 3 is 2.65 bits per heavy atom. The fourth-order valence-electron chi connectivity index (χ4n) is 2.69. The van der Waals surface area contributed by atoms with Crippen LogP contribution in [0.1, 0.15) is 52.4 Å². The van der Waals surface area contributed by atoms with E-state index in [1.165, 1.54) is 32.1 Å². The smallest absolute Gasteiger partial charge is 0.208 e. The van der Waals surface area contributed by atoms with E-state index in [1.807, 2.05) is 0 Å². The number of rotatable bonds is 8. The van der Waals surface area contributed by atoms with E-state index in [9.17, 15) is 0 Å². The van der Waals surface area contributed by atoms with E-state index in [0.717, 1.165) is 32.1 Å². The molecule has 0 aromatic heterocycles. The van der Waals surface area contributed by atoms with Crippen molar-refractivity contribution < 1.29 is 4.74 Å². The van der Waals surface area contributed by atoms with E-state index >= 15 is 0 Å². The number of aliphatic imine (C=N–C) groups is 1. The maximum Gasteiger partial charge on any atom is 0.208 e. The quantitative estimate of drug-likeness (QED) is 0.236. The molecule has 0 spiro atoms. The molecular formula is C15H32N4O. The number of hydrogen-bond donors (Lipinski definition) is 2. The molecule has 1 aliphatic carbocycles. The summed E-state index contributed by atoms with van der Waals surface area (Å²) >= 11 is 0. The third kappa shape index (κ3) is 6.09. The van der Waals surface area contributed by atoms with Crippen LogP contribution in [-0.4, -0.2) is 43.7 Å². The van der Waals surface area contributed by atoms with Crippen molar-refractivity contribution in [1.82, 2.24) is 10.3 Å². The second-order valence-corrected chi connectivity index (χ2v) is 6.01. The van der Waals surface area contributed by atoms with Crippen LogP contribution in [0.2, 0.25) is 0 Å². The van der Waals surface area contributed by atoms with E-state index in [2.05, 4.69) is 29.2 Å². The molecule has 0 radical (unpaired) electrons. The van der Waals surface area contributed by atoms with Crippen LogP contribution < -0.4 is 11.3 Å². The van der Waals surface area contributed by atoms with Crippen molar-refractivity contribution in [1.29, 1.82) is 0 Å². The summed E-state index contributed by atoms with van der Waals surface area (Å²) in [6.45, 7) is 7.07. The average Bonchev–Trinajstić information content (AvgIpc) is 2.95. The Labute approximate surface area is 123 Å². The summed E-state index contributed by atoms with van der Waals surface area (Å²) in [5, 5.41) is 0. The molecule has 20 heavy (non-hydrogen) atoms. The molecule has 0 aromatic carbocycles. The Morgan fingerprint density at radius 1 is 1.40 bits per heavy atom. The highest BCUT2D eigenvalue weighted by Crippen LogP contribution is 2.24. The molecule has 0 atom stereocenters. The molecule has 1 aliphatic rings. The summed E-state index contributed by atoms with van der Waals surface area (Å²) in [6, 6.07) is 0.603. The molecule has 5 nitrogen and oxygen atoms in total. The van der Waals surface area contributed by atoms with E-state index < -0.39 is 0 Å². The molecule has 0 unspecified atom stereocenters. The minimum Gasteiger partial charge on any atom is -0.385 e. The second kappa shape index (κ2) is 10.00. The molecule has 3 N–H and O–H groups in total. The predicted octanol–water partition coefficient (Wildman–Crippen LogP) is 2.13. The monoisotopic (exact) mass is 284 g/mol. The molecule has 0 heterocycles. The number of ether oxygens (including phenoxy) is 1. The van der Waals surface area contributed by atoms with Crippen LogP contribution in [0.5, 0.6) is 0 Å². The number of hydrazine groups is 1. The van der Waals surface area contributed by atoms with Crippen molar-refractivity contribution in [3.05, 3.63) is 0 Å². The molecule has 118 valence electrons. The Balaban J connectivity index is 2.61. The highest BCUT2D eigenvalue weighted by Gasteiger charge is 2.24. The van der Waals surface area contributed by atoms with Gasteiger partial charge in [-0.3, -0.25) is 10.4 Å².